The van der Waals surface area contributed by atoms with Crippen LogP contribution >= 0.6 is 0 Å². The van der Waals surface area contributed by atoms with Crippen LogP contribution < -0.4 is 4.74 Å². The minimum atomic E-state index is -0.848. The highest BCUT2D eigenvalue weighted by Gasteiger charge is 2.33. The highest BCUT2D eigenvalue weighted by atomic mass is 16.5. The summed E-state index contributed by atoms with van der Waals surface area (Å²) >= 11 is 0. The van der Waals surface area contributed by atoms with Crippen molar-refractivity contribution in [3.63, 3.8) is 0 Å². The second-order valence-corrected chi connectivity index (χ2v) is 8.70. The van der Waals surface area contributed by atoms with Gasteiger partial charge in [0.25, 0.3) is 0 Å². The van der Waals surface area contributed by atoms with Gasteiger partial charge in [0.1, 0.15) is 11.4 Å². The molecule has 1 atom stereocenters. The molecular weight excluding hydrogens is 312 g/mol. The van der Waals surface area contributed by atoms with Crippen LogP contribution in [-0.4, -0.2) is 16.7 Å². The van der Waals surface area contributed by atoms with Crippen molar-refractivity contribution >= 4 is 5.97 Å². The lowest BCUT2D eigenvalue weighted by Gasteiger charge is -2.37. The van der Waals surface area contributed by atoms with Gasteiger partial charge in [0.15, 0.2) is 0 Å². The first-order valence-corrected chi connectivity index (χ1v) is 9.78. The summed E-state index contributed by atoms with van der Waals surface area (Å²) in [5.41, 5.74) is 2.40. The van der Waals surface area contributed by atoms with Crippen LogP contribution in [0.15, 0.2) is 12.1 Å². The number of carboxylic acid groups (broad SMARTS) is 1. The van der Waals surface area contributed by atoms with E-state index in [1.807, 2.05) is 12.1 Å². The normalized spacial score (nSPS) is 19.8. The average molecular weight is 347 g/mol. The zero-order chi connectivity index (χ0) is 18.6. The topological polar surface area (TPSA) is 46.5 Å². The van der Waals surface area contributed by atoms with E-state index in [9.17, 15) is 9.90 Å². The van der Waals surface area contributed by atoms with Crippen LogP contribution in [-0.2, 0) is 12.8 Å². The fourth-order valence-corrected chi connectivity index (χ4v) is 3.58. The van der Waals surface area contributed by atoms with Gasteiger partial charge in [0.2, 0.25) is 0 Å². The zero-order valence-corrected chi connectivity index (χ0v) is 16.5. The molecule has 1 aromatic rings. The summed E-state index contributed by atoms with van der Waals surface area (Å²) in [4.78, 5) is 11.5. The Morgan fingerprint density at radius 1 is 1.20 bits per heavy atom. The Morgan fingerprint density at radius 2 is 1.88 bits per heavy atom. The summed E-state index contributed by atoms with van der Waals surface area (Å²) in [5.74, 6) is 1.42. The third kappa shape index (κ3) is 5.49. The van der Waals surface area contributed by atoms with E-state index in [-0.39, 0.29) is 5.60 Å². The molecule has 0 saturated heterocycles. The maximum atomic E-state index is 11.5. The molecule has 2 rings (SSSR count). The van der Waals surface area contributed by atoms with Crippen LogP contribution in [0.5, 0.6) is 5.75 Å². The SMILES string of the molecule is CC(C)CCC[C@]1(C)CCc2cc(C(=O)O)cc(CCC(C)C)c2O1. The molecule has 0 amide bonds. The lowest BCUT2D eigenvalue weighted by molar-refractivity contribution is 0.0514. The number of ether oxygens (including phenoxy) is 1. The van der Waals surface area contributed by atoms with Gasteiger partial charge in [-0.2, -0.15) is 0 Å². The van der Waals surface area contributed by atoms with Gasteiger partial charge in [0, 0.05) is 0 Å². The first-order valence-electron chi connectivity index (χ1n) is 9.78. The minimum absolute atomic E-state index is 0.126. The first kappa shape index (κ1) is 19.8. The molecule has 0 fully saturated rings. The molecule has 0 unspecified atom stereocenters. The van der Waals surface area contributed by atoms with E-state index in [1.54, 1.807) is 0 Å². The van der Waals surface area contributed by atoms with Gasteiger partial charge < -0.3 is 9.84 Å². The second kappa shape index (κ2) is 8.25. The molecule has 0 saturated carbocycles. The van der Waals surface area contributed by atoms with E-state index in [2.05, 4.69) is 34.6 Å². The molecule has 1 heterocycles. The van der Waals surface area contributed by atoms with Crippen molar-refractivity contribution in [3.05, 3.63) is 28.8 Å². The Morgan fingerprint density at radius 3 is 2.48 bits per heavy atom. The van der Waals surface area contributed by atoms with E-state index in [4.69, 9.17) is 4.74 Å². The number of benzene rings is 1. The lowest BCUT2D eigenvalue weighted by Crippen LogP contribution is -2.37. The molecule has 0 spiro atoms. The molecule has 3 heteroatoms. The van der Waals surface area contributed by atoms with Gasteiger partial charge in [0.05, 0.1) is 5.56 Å². The maximum absolute atomic E-state index is 11.5. The molecule has 25 heavy (non-hydrogen) atoms. The molecular formula is C22H34O3. The molecule has 1 N–H and O–H groups in total. The summed E-state index contributed by atoms with van der Waals surface area (Å²) in [6.45, 7) is 11.1. The molecule has 0 bridgehead atoms. The number of hydrogen-bond donors (Lipinski definition) is 1. The lowest BCUT2D eigenvalue weighted by atomic mass is 9.85. The Labute approximate surface area is 152 Å². The number of aromatic carboxylic acids is 1. The van der Waals surface area contributed by atoms with Gasteiger partial charge in [-0.1, -0.05) is 34.1 Å². The van der Waals surface area contributed by atoms with Crippen molar-refractivity contribution in [2.24, 2.45) is 11.8 Å². The number of carbonyl (C=O) groups is 1. The van der Waals surface area contributed by atoms with Crippen LogP contribution in [0.4, 0.5) is 0 Å². The summed E-state index contributed by atoms with van der Waals surface area (Å²) in [6.07, 6.45) is 7.26. The van der Waals surface area contributed by atoms with Gasteiger partial charge >= 0.3 is 5.97 Å². The fourth-order valence-electron chi connectivity index (χ4n) is 3.58. The van der Waals surface area contributed by atoms with Crippen LogP contribution in [0, 0.1) is 11.8 Å². The quantitative estimate of drug-likeness (QED) is 0.639. The van der Waals surface area contributed by atoms with Crippen LogP contribution in [0.1, 0.15) is 88.2 Å². The summed E-state index contributed by atoms with van der Waals surface area (Å²) in [5, 5.41) is 9.42. The number of carboxylic acids is 1. The first-order chi connectivity index (χ1) is 11.7. The van der Waals surface area contributed by atoms with Crippen molar-refractivity contribution in [2.75, 3.05) is 0 Å². The average Bonchev–Trinajstić information content (AvgIpc) is 2.51. The number of aryl methyl sites for hydroxylation is 2. The van der Waals surface area contributed by atoms with Gasteiger partial charge in [-0.05, 0) is 80.5 Å². The van der Waals surface area contributed by atoms with E-state index in [0.29, 0.717) is 11.5 Å². The summed E-state index contributed by atoms with van der Waals surface area (Å²) < 4.78 is 6.51. The van der Waals surface area contributed by atoms with Gasteiger partial charge in [-0.15, -0.1) is 0 Å². The Balaban J connectivity index is 2.24. The minimum Gasteiger partial charge on any atom is -0.487 e. The standard InChI is InChI=1S/C22H34O3/c1-15(2)7-6-11-22(5)12-10-18-14-19(21(23)24)13-17(20(18)25-22)9-8-16(3)4/h13-16H,6-12H2,1-5H3,(H,23,24)/t22-/m1/s1. The summed E-state index contributed by atoms with van der Waals surface area (Å²) in [7, 11) is 0. The molecule has 1 aliphatic heterocycles. The number of hydrogen-bond acceptors (Lipinski definition) is 2. The van der Waals surface area contributed by atoms with E-state index < -0.39 is 5.97 Å². The van der Waals surface area contributed by atoms with Crippen molar-refractivity contribution in [1.29, 1.82) is 0 Å². The highest BCUT2D eigenvalue weighted by Crippen LogP contribution is 2.40. The third-order valence-electron chi connectivity index (χ3n) is 5.24. The van der Waals surface area contributed by atoms with Crippen LogP contribution in [0.25, 0.3) is 0 Å². The van der Waals surface area contributed by atoms with Gasteiger partial charge in [-0.3, -0.25) is 0 Å². The third-order valence-corrected chi connectivity index (χ3v) is 5.24. The molecule has 3 nitrogen and oxygen atoms in total. The van der Waals surface area contributed by atoms with Crippen molar-refractivity contribution in [3.8, 4) is 5.75 Å². The number of fused-ring (bicyclic) bond motifs is 1. The molecule has 1 aliphatic rings. The van der Waals surface area contributed by atoms with E-state index >= 15 is 0 Å². The molecule has 1 aromatic carbocycles. The molecule has 140 valence electrons. The highest BCUT2D eigenvalue weighted by molar-refractivity contribution is 5.88. The maximum Gasteiger partial charge on any atom is 0.335 e. The molecule has 0 aliphatic carbocycles. The predicted molar refractivity (Wildman–Crippen MR) is 103 cm³/mol. The van der Waals surface area contributed by atoms with Crippen molar-refractivity contribution < 1.29 is 14.6 Å². The van der Waals surface area contributed by atoms with Crippen molar-refractivity contribution in [1.82, 2.24) is 0 Å². The van der Waals surface area contributed by atoms with Crippen LogP contribution in [0.3, 0.4) is 0 Å². The predicted octanol–water partition coefficient (Wildman–Crippen LogP) is 5.88. The van der Waals surface area contributed by atoms with E-state index in [1.165, 1.54) is 12.8 Å². The molecule has 0 radical (unpaired) electrons. The van der Waals surface area contributed by atoms with Crippen LogP contribution in [0.2, 0.25) is 0 Å². The second-order valence-electron chi connectivity index (χ2n) is 8.70. The Kier molecular flexibility index (Phi) is 6.53. The largest absolute Gasteiger partial charge is 0.487 e. The smallest absolute Gasteiger partial charge is 0.335 e. The Hall–Kier alpha value is -1.51. The number of rotatable bonds is 8. The Bertz CT molecular complexity index is 604. The monoisotopic (exact) mass is 346 g/mol. The summed E-state index contributed by atoms with van der Waals surface area (Å²) in [6, 6.07) is 3.63. The van der Waals surface area contributed by atoms with E-state index in [0.717, 1.165) is 54.9 Å². The fraction of sp³-hybridized carbons (Fsp3) is 0.682. The zero-order valence-electron chi connectivity index (χ0n) is 16.5. The molecule has 0 aromatic heterocycles. The van der Waals surface area contributed by atoms with Gasteiger partial charge in [-0.25, -0.2) is 4.79 Å². The van der Waals surface area contributed by atoms with Crippen molar-refractivity contribution in [2.45, 2.75) is 85.2 Å².